The van der Waals surface area contributed by atoms with Gasteiger partial charge in [-0.15, -0.1) is 0 Å². The first-order valence-electron chi connectivity index (χ1n) is 5.48. The van der Waals surface area contributed by atoms with Crippen molar-refractivity contribution < 1.29 is 8.78 Å². The Balaban J connectivity index is 2.40. The number of benzene rings is 1. The first-order valence-corrected chi connectivity index (χ1v) is 6.36. The van der Waals surface area contributed by atoms with Gasteiger partial charge in [0.25, 0.3) is 5.76 Å². The number of imidazole rings is 1. The molecule has 18 heavy (non-hydrogen) atoms. The Labute approximate surface area is 108 Å². The van der Waals surface area contributed by atoms with E-state index < -0.39 is 5.76 Å². The monoisotopic (exact) mass is 269 g/mol. The van der Waals surface area contributed by atoms with Gasteiger partial charge in [-0.2, -0.15) is 8.78 Å². The average molecular weight is 269 g/mol. The van der Waals surface area contributed by atoms with Crippen LogP contribution in [0, 0.1) is 0 Å². The van der Waals surface area contributed by atoms with Crippen molar-refractivity contribution in [2.75, 3.05) is 6.54 Å². The molecule has 1 aromatic heterocycles. The standard InChI is InChI=1S/C12H13F2N3S/c13-12(14)18-11-4-2-1-3-10(11)17-8-16-7-9(17)5-6-15/h1-4,7-8,12H,5-6,15H2. The summed E-state index contributed by atoms with van der Waals surface area (Å²) in [5.41, 5.74) is 7.15. The van der Waals surface area contributed by atoms with Crippen molar-refractivity contribution in [3.8, 4) is 5.69 Å². The fraction of sp³-hybridized carbons (Fsp3) is 0.250. The Bertz CT molecular complexity index is 514. The van der Waals surface area contributed by atoms with Gasteiger partial charge in [0.1, 0.15) is 0 Å². The molecule has 0 spiro atoms. The molecule has 0 unspecified atom stereocenters. The molecule has 1 heterocycles. The van der Waals surface area contributed by atoms with Crippen molar-refractivity contribution in [2.45, 2.75) is 17.1 Å². The molecule has 2 aromatic rings. The second-order valence-electron chi connectivity index (χ2n) is 3.64. The molecule has 0 aliphatic carbocycles. The van der Waals surface area contributed by atoms with Gasteiger partial charge in [-0.05, 0) is 18.7 Å². The molecule has 0 aliphatic rings. The zero-order valence-corrected chi connectivity index (χ0v) is 10.4. The zero-order chi connectivity index (χ0) is 13.0. The van der Waals surface area contributed by atoms with Crippen LogP contribution in [0.2, 0.25) is 0 Å². The van der Waals surface area contributed by atoms with Crippen molar-refractivity contribution in [3.63, 3.8) is 0 Å². The summed E-state index contributed by atoms with van der Waals surface area (Å²) in [4.78, 5) is 4.58. The van der Waals surface area contributed by atoms with Crippen molar-refractivity contribution >= 4 is 11.8 Å². The van der Waals surface area contributed by atoms with Crippen LogP contribution in [0.1, 0.15) is 5.69 Å². The van der Waals surface area contributed by atoms with Crippen molar-refractivity contribution in [1.29, 1.82) is 0 Å². The number of nitrogens with zero attached hydrogens (tertiary/aromatic N) is 2. The number of aromatic nitrogens is 2. The molecule has 0 atom stereocenters. The molecule has 2 rings (SSSR count). The van der Waals surface area contributed by atoms with Gasteiger partial charge in [0, 0.05) is 23.2 Å². The fourth-order valence-corrected chi connectivity index (χ4v) is 2.36. The Morgan fingerprint density at radius 2 is 2.11 bits per heavy atom. The molecular weight excluding hydrogens is 256 g/mol. The van der Waals surface area contributed by atoms with Crippen LogP contribution in [0.5, 0.6) is 0 Å². The topological polar surface area (TPSA) is 43.8 Å². The fourth-order valence-electron chi connectivity index (χ4n) is 1.72. The summed E-state index contributed by atoms with van der Waals surface area (Å²) in [7, 11) is 0. The van der Waals surface area contributed by atoms with E-state index in [1.807, 2.05) is 6.07 Å². The van der Waals surface area contributed by atoms with Gasteiger partial charge in [-0.1, -0.05) is 23.9 Å². The van der Waals surface area contributed by atoms with Crippen LogP contribution in [0.15, 0.2) is 41.7 Å². The number of hydrogen-bond acceptors (Lipinski definition) is 3. The number of hydrogen-bond donors (Lipinski definition) is 1. The highest BCUT2D eigenvalue weighted by Crippen LogP contribution is 2.31. The van der Waals surface area contributed by atoms with Gasteiger partial charge < -0.3 is 10.3 Å². The first kappa shape index (κ1) is 13.0. The third-order valence-electron chi connectivity index (χ3n) is 2.46. The Kier molecular flexibility index (Phi) is 4.33. The molecule has 0 saturated heterocycles. The van der Waals surface area contributed by atoms with E-state index in [-0.39, 0.29) is 0 Å². The minimum Gasteiger partial charge on any atom is -0.330 e. The number of para-hydroxylation sites is 1. The van der Waals surface area contributed by atoms with Gasteiger partial charge in [0.05, 0.1) is 12.0 Å². The Morgan fingerprint density at radius 3 is 2.83 bits per heavy atom. The molecule has 0 aliphatic heterocycles. The summed E-state index contributed by atoms with van der Waals surface area (Å²) in [6, 6.07) is 7.04. The molecule has 0 fully saturated rings. The normalized spacial score (nSPS) is 11.1. The van der Waals surface area contributed by atoms with E-state index in [2.05, 4.69) is 4.98 Å². The molecule has 3 nitrogen and oxygen atoms in total. The Morgan fingerprint density at radius 1 is 1.33 bits per heavy atom. The SMILES string of the molecule is NCCc1cncn1-c1ccccc1SC(F)F. The predicted octanol–water partition coefficient (Wildman–Crippen LogP) is 2.69. The van der Waals surface area contributed by atoms with E-state index in [4.69, 9.17) is 5.73 Å². The van der Waals surface area contributed by atoms with Crippen molar-refractivity contribution in [3.05, 3.63) is 42.5 Å². The number of halogens is 2. The van der Waals surface area contributed by atoms with E-state index in [0.717, 1.165) is 5.69 Å². The quantitative estimate of drug-likeness (QED) is 0.849. The van der Waals surface area contributed by atoms with Crippen molar-refractivity contribution in [1.82, 2.24) is 9.55 Å². The maximum atomic E-state index is 12.5. The predicted molar refractivity (Wildman–Crippen MR) is 68.2 cm³/mol. The highest BCUT2D eigenvalue weighted by atomic mass is 32.2. The van der Waals surface area contributed by atoms with Crippen molar-refractivity contribution in [2.24, 2.45) is 5.73 Å². The van der Waals surface area contributed by atoms with Crippen LogP contribution in [-0.4, -0.2) is 21.9 Å². The minimum atomic E-state index is -2.44. The van der Waals surface area contributed by atoms with Crippen LogP contribution in [-0.2, 0) is 6.42 Å². The molecule has 0 radical (unpaired) electrons. The second kappa shape index (κ2) is 5.97. The van der Waals surface area contributed by atoms with Crippen LogP contribution < -0.4 is 5.73 Å². The molecular formula is C12H13F2N3S. The summed E-state index contributed by atoms with van der Waals surface area (Å²) < 4.78 is 26.8. The lowest BCUT2D eigenvalue weighted by Crippen LogP contribution is -2.08. The second-order valence-corrected chi connectivity index (χ2v) is 4.67. The highest BCUT2D eigenvalue weighted by Gasteiger charge is 2.12. The molecule has 6 heteroatoms. The third kappa shape index (κ3) is 2.88. The largest absolute Gasteiger partial charge is 0.330 e. The molecule has 0 bridgehead atoms. The van der Waals surface area contributed by atoms with Crippen LogP contribution in [0.25, 0.3) is 5.69 Å². The minimum absolute atomic E-state index is 0.496. The smallest absolute Gasteiger partial charge is 0.288 e. The summed E-state index contributed by atoms with van der Waals surface area (Å²) in [6.45, 7) is 0.496. The van der Waals surface area contributed by atoms with Crippen LogP contribution >= 0.6 is 11.8 Å². The van der Waals surface area contributed by atoms with Gasteiger partial charge >= 0.3 is 0 Å². The average Bonchev–Trinajstić information content (AvgIpc) is 2.78. The lowest BCUT2D eigenvalue weighted by Gasteiger charge is -2.12. The molecule has 0 amide bonds. The van der Waals surface area contributed by atoms with E-state index in [0.29, 0.717) is 35.3 Å². The third-order valence-corrected chi connectivity index (χ3v) is 3.23. The molecule has 1 aromatic carbocycles. The lowest BCUT2D eigenvalue weighted by molar-refractivity contribution is 0.252. The zero-order valence-electron chi connectivity index (χ0n) is 9.59. The van der Waals surface area contributed by atoms with Gasteiger partial charge in [-0.3, -0.25) is 0 Å². The van der Waals surface area contributed by atoms with Crippen LogP contribution in [0.3, 0.4) is 0 Å². The van der Waals surface area contributed by atoms with Gasteiger partial charge in [-0.25, -0.2) is 4.98 Å². The summed E-state index contributed by atoms with van der Waals surface area (Å²) in [6.07, 6.45) is 3.99. The summed E-state index contributed by atoms with van der Waals surface area (Å²) in [5.74, 6) is -2.44. The molecule has 96 valence electrons. The Hall–Kier alpha value is -1.40. The van der Waals surface area contributed by atoms with E-state index in [1.165, 1.54) is 0 Å². The van der Waals surface area contributed by atoms with E-state index in [9.17, 15) is 8.78 Å². The van der Waals surface area contributed by atoms with Crippen LogP contribution in [0.4, 0.5) is 8.78 Å². The summed E-state index contributed by atoms with van der Waals surface area (Å²) >= 11 is 0.537. The summed E-state index contributed by atoms with van der Waals surface area (Å²) in [5, 5.41) is 0. The van der Waals surface area contributed by atoms with E-state index in [1.54, 1.807) is 35.3 Å². The maximum Gasteiger partial charge on any atom is 0.288 e. The maximum absolute atomic E-state index is 12.5. The molecule has 0 saturated carbocycles. The van der Waals surface area contributed by atoms with Gasteiger partial charge in [0.15, 0.2) is 0 Å². The first-order chi connectivity index (χ1) is 8.72. The lowest BCUT2D eigenvalue weighted by atomic mass is 10.3. The molecule has 2 N–H and O–H groups in total. The number of nitrogens with two attached hydrogens (primary N) is 1. The number of alkyl halides is 2. The van der Waals surface area contributed by atoms with Gasteiger partial charge in [0.2, 0.25) is 0 Å². The number of rotatable bonds is 5. The number of thioether (sulfide) groups is 1. The van der Waals surface area contributed by atoms with E-state index >= 15 is 0 Å². The highest BCUT2D eigenvalue weighted by molar-refractivity contribution is 7.99.